The second-order valence-corrected chi connectivity index (χ2v) is 4.43. The highest BCUT2D eigenvalue weighted by atomic mass is 32.1. The van der Waals surface area contributed by atoms with E-state index in [1.807, 2.05) is 12.1 Å². The van der Waals surface area contributed by atoms with Crippen LogP contribution < -0.4 is 5.32 Å². The van der Waals surface area contributed by atoms with Crippen molar-refractivity contribution in [3.05, 3.63) is 48.4 Å². The van der Waals surface area contributed by atoms with Crippen molar-refractivity contribution in [1.82, 2.24) is 9.97 Å². The largest absolute Gasteiger partial charge is 0.329 e. The number of nitrogens with one attached hydrogen (secondary N) is 1. The molecule has 3 nitrogen and oxygen atoms in total. The maximum Gasteiger partial charge on any atom is 0.189 e. The van der Waals surface area contributed by atoms with Gasteiger partial charge in [-0.25, -0.2) is 14.4 Å². The number of nitrogens with zero attached hydrogens (tertiary/aromatic N) is 2. The molecule has 3 aromatic rings. The van der Waals surface area contributed by atoms with Gasteiger partial charge in [0.25, 0.3) is 0 Å². The summed E-state index contributed by atoms with van der Waals surface area (Å²) in [6.45, 7) is 0. The van der Waals surface area contributed by atoms with E-state index in [1.165, 1.54) is 17.4 Å². The number of aromatic nitrogens is 2. The molecule has 0 bridgehead atoms. The van der Waals surface area contributed by atoms with Gasteiger partial charge in [0.05, 0.1) is 5.69 Å². The summed E-state index contributed by atoms with van der Waals surface area (Å²) in [6.07, 6.45) is 1.72. The molecule has 0 saturated carbocycles. The average Bonchev–Trinajstić information content (AvgIpc) is 2.74. The third-order valence-electron chi connectivity index (χ3n) is 2.28. The Morgan fingerprint density at radius 3 is 2.82 bits per heavy atom. The highest BCUT2D eigenvalue weighted by molar-refractivity contribution is 7.21. The lowest BCUT2D eigenvalue weighted by Gasteiger charge is -2.02. The fraction of sp³-hybridized carbons (Fsp3) is 0. The number of thiazole rings is 1. The van der Waals surface area contributed by atoms with Gasteiger partial charge in [-0.3, -0.25) is 0 Å². The van der Waals surface area contributed by atoms with E-state index in [2.05, 4.69) is 15.3 Å². The van der Waals surface area contributed by atoms with Crippen molar-refractivity contribution in [1.29, 1.82) is 0 Å². The number of hydrogen-bond donors (Lipinski definition) is 1. The first-order chi connectivity index (χ1) is 8.33. The van der Waals surface area contributed by atoms with Crippen LogP contribution in [0.25, 0.3) is 10.3 Å². The molecule has 0 aliphatic carbocycles. The lowest BCUT2D eigenvalue weighted by molar-refractivity contribution is 0.632. The Morgan fingerprint density at radius 2 is 2.00 bits per heavy atom. The monoisotopic (exact) mass is 245 g/mol. The molecule has 3 rings (SSSR count). The van der Waals surface area contributed by atoms with Gasteiger partial charge in [-0.15, -0.1) is 0 Å². The summed E-state index contributed by atoms with van der Waals surface area (Å²) in [5.41, 5.74) is 1.24. The number of fused-ring (bicyclic) bond motifs is 1. The normalized spacial score (nSPS) is 10.6. The lowest BCUT2D eigenvalue weighted by atomic mass is 10.3. The molecule has 0 radical (unpaired) electrons. The Hall–Kier alpha value is -2.01. The highest BCUT2D eigenvalue weighted by Gasteiger charge is 2.06. The van der Waals surface area contributed by atoms with E-state index < -0.39 is 0 Å². The topological polar surface area (TPSA) is 37.8 Å². The molecule has 0 spiro atoms. The van der Waals surface area contributed by atoms with Gasteiger partial charge >= 0.3 is 0 Å². The molecule has 0 amide bonds. The zero-order chi connectivity index (χ0) is 11.7. The van der Waals surface area contributed by atoms with Crippen LogP contribution in [0.1, 0.15) is 0 Å². The first-order valence-corrected chi connectivity index (χ1v) is 5.88. The van der Waals surface area contributed by atoms with Crippen molar-refractivity contribution in [2.45, 2.75) is 0 Å². The molecule has 0 aliphatic rings. The number of pyridine rings is 1. The van der Waals surface area contributed by atoms with Gasteiger partial charge in [-0.05, 0) is 24.3 Å². The smallest absolute Gasteiger partial charge is 0.189 e. The van der Waals surface area contributed by atoms with Crippen LogP contribution in [-0.2, 0) is 0 Å². The molecule has 2 aromatic heterocycles. The van der Waals surface area contributed by atoms with Crippen LogP contribution in [0.3, 0.4) is 0 Å². The number of hydrogen-bond acceptors (Lipinski definition) is 4. The molecule has 0 unspecified atom stereocenters. The van der Waals surface area contributed by atoms with Crippen molar-refractivity contribution < 1.29 is 4.39 Å². The van der Waals surface area contributed by atoms with Gasteiger partial charge in [0.2, 0.25) is 0 Å². The van der Waals surface area contributed by atoms with Crippen molar-refractivity contribution in [3.63, 3.8) is 0 Å². The Bertz CT molecular complexity index is 632. The second kappa shape index (κ2) is 4.10. The van der Waals surface area contributed by atoms with Crippen LogP contribution in [-0.4, -0.2) is 9.97 Å². The minimum Gasteiger partial charge on any atom is -0.329 e. The first-order valence-electron chi connectivity index (χ1n) is 5.06. The van der Waals surface area contributed by atoms with Crippen LogP contribution in [0.15, 0.2) is 42.6 Å². The molecular formula is C12H8FN3S. The van der Waals surface area contributed by atoms with E-state index in [4.69, 9.17) is 0 Å². The zero-order valence-electron chi connectivity index (χ0n) is 8.72. The SMILES string of the molecule is Fc1ccccc1Nc1nc2cccnc2s1. The van der Waals surface area contributed by atoms with Crippen LogP contribution >= 0.6 is 11.3 Å². The quantitative estimate of drug-likeness (QED) is 0.750. The molecular weight excluding hydrogens is 237 g/mol. The molecule has 0 saturated heterocycles. The zero-order valence-corrected chi connectivity index (χ0v) is 9.54. The van der Waals surface area contributed by atoms with E-state index in [9.17, 15) is 4.39 Å². The van der Waals surface area contributed by atoms with E-state index in [-0.39, 0.29) is 5.82 Å². The molecule has 0 aliphatic heterocycles. The summed E-state index contributed by atoms with van der Waals surface area (Å²) in [5, 5.41) is 3.60. The predicted octanol–water partition coefficient (Wildman–Crippen LogP) is 3.57. The molecule has 84 valence electrons. The van der Waals surface area contributed by atoms with Crippen molar-refractivity contribution in [2.75, 3.05) is 5.32 Å². The lowest BCUT2D eigenvalue weighted by Crippen LogP contribution is -1.91. The molecule has 0 atom stereocenters. The maximum absolute atomic E-state index is 13.4. The molecule has 17 heavy (non-hydrogen) atoms. The predicted molar refractivity (Wildman–Crippen MR) is 67.1 cm³/mol. The molecule has 5 heteroatoms. The standard InChI is InChI=1S/C12H8FN3S/c13-8-4-1-2-5-9(8)15-12-16-10-6-3-7-14-11(10)17-12/h1-7H,(H,15,16). The Balaban J connectivity index is 1.98. The number of halogens is 1. The van der Waals surface area contributed by atoms with Gasteiger partial charge in [0.15, 0.2) is 5.13 Å². The summed E-state index contributed by atoms with van der Waals surface area (Å²) in [4.78, 5) is 9.35. The van der Waals surface area contributed by atoms with Crippen LogP contribution in [0, 0.1) is 5.82 Å². The maximum atomic E-state index is 13.4. The summed E-state index contributed by atoms with van der Waals surface area (Å²) in [5.74, 6) is -0.292. The van der Waals surface area contributed by atoms with Crippen molar-refractivity contribution in [3.8, 4) is 0 Å². The third-order valence-corrected chi connectivity index (χ3v) is 3.18. The number of anilines is 2. The number of benzene rings is 1. The molecule has 1 aromatic carbocycles. The number of rotatable bonds is 2. The minimum absolute atomic E-state index is 0.292. The first kappa shape index (κ1) is 10.2. The number of para-hydroxylation sites is 1. The van der Waals surface area contributed by atoms with Gasteiger partial charge in [-0.1, -0.05) is 23.5 Å². The molecule has 0 fully saturated rings. The van der Waals surface area contributed by atoms with E-state index in [0.717, 1.165) is 10.3 Å². The van der Waals surface area contributed by atoms with E-state index in [0.29, 0.717) is 10.8 Å². The summed E-state index contributed by atoms with van der Waals surface area (Å²) >= 11 is 1.40. The summed E-state index contributed by atoms with van der Waals surface area (Å²) in [7, 11) is 0. The van der Waals surface area contributed by atoms with Crippen molar-refractivity contribution >= 4 is 32.5 Å². The summed E-state index contributed by atoms with van der Waals surface area (Å²) < 4.78 is 13.4. The molecule has 1 N–H and O–H groups in total. The second-order valence-electron chi connectivity index (χ2n) is 3.45. The fourth-order valence-corrected chi connectivity index (χ4v) is 2.32. The fourth-order valence-electron chi connectivity index (χ4n) is 1.50. The van der Waals surface area contributed by atoms with Crippen LogP contribution in [0.2, 0.25) is 0 Å². The molecule has 2 heterocycles. The summed E-state index contributed by atoms with van der Waals surface area (Å²) in [6, 6.07) is 10.2. The van der Waals surface area contributed by atoms with Gasteiger partial charge in [-0.2, -0.15) is 0 Å². The Kier molecular flexibility index (Phi) is 2.45. The Morgan fingerprint density at radius 1 is 1.12 bits per heavy atom. The van der Waals surface area contributed by atoms with Crippen LogP contribution in [0.5, 0.6) is 0 Å². The minimum atomic E-state index is -0.292. The highest BCUT2D eigenvalue weighted by Crippen LogP contribution is 2.27. The Labute approximate surface area is 101 Å². The average molecular weight is 245 g/mol. The van der Waals surface area contributed by atoms with Crippen molar-refractivity contribution in [2.24, 2.45) is 0 Å². The van der Waals surface area contributed by atoms with E-state index in [1.54, 1.807) is 24.4 Å². The van der Waals surface area contributed by atoms with Gasteiger partial charge < -0.3 is 5.32 Å². The van der Waals surface area contributed by atoms with Gasteiger partial charge in [0, 0.05) is 6.20 Å². The van der Waals surface area contributed by atoms with Gasteiger partial charge in [0.1, 0.15) is 16.2 Å². The van der Waals surface area contributed by atoms with Crippen LogP contribution in [0.4, 0.5) is 15.2 Å². The third kappa shape index (κ3) is 1.97. The van der Waals surface area contributed by atoms with E-state index >= 15 is 0 Å².